The number of anilines is 2. The lowest BCUT2D eigenvalue weighted by Gasteiger charge is -2.07. The predicted octanol–water partition coefficient (Wildman–Crippen LogP) is 3.29. The van der Waals surface area contributed by atoms with Gasteiger partial charge in [-0.2, -0.15) is 0 Å². The van der Waals surface area contributed by atoms with Gasteiger partial charge in [0.15, 0.2) is 0 Å². The maximum atomic E-state index is 12.3. The molecule has 2 amide bonds. The summed E-state index contributed by atoms with van der Waals surface area (Å²) in [4.78, 5) is 36.2. The Kier molecular flexibility index (Phi) is 5.93. The molecule has 0 bridgehead atoms. The van der Waals surface area contributed by atoms with Crippen molar-refractivity contribution in [2.45, 2.75) is 27.2 Å². The largest absolute Gasteiger partial charge is 0.465 e. The number of carbonyl (C=O) groups excluding carboxylic acids is 3. The van der Waals surface area contributed by atoms with Gasteiger partial charge in [-0.15, -0.1) is 11.3 Å². The molecule has 0 spiro atoms. The summed E-state index contributed by atoms with van der Waals surface area (Å²) in [6.45, 7) is 5.16. The molecule has 2 rings (SSSR count). The van der Waals surface area contributed by atoms with Crippen LogP contribution in [-0.2, 0) is 20.7 Å². The monoisotopic (exact) mass is 360 g/mol. The first kappa shape index (κ1) is 18.7. The van der Waals surface area contributed by atoms with Gasteiger partial charge in [-0.3, -0.25) is 9.59 Å². The number of hydrogen-bond donors (Lipinski definition) is 2. The van der Waals surface area contributed by atoms with Crippen molar-refractivity contribution in [3.8, 4) is 0 Å². The van der Waals surface area contributed by atoms with E-state index in [2.05, 4.69) is 10.6 Å². The minimum absolute atomic E-state index is 0.149. The van der Waals surface area contributed by atoms with Gasteiger partial charge in [0.05, 0.1) is 19.1 Å². The first-order valence-corrected chi connectivity index (χ1v) is 8.48. The SMILES string of the molecule is COC(=O)c1c(NC(=O)Cc2ccc(NC(C)=O)cc2)sc(C)c1C. The molecule has 0 atom stereocenters. The van der Waals surface area contributed by atoms with Gasteiger partial charge in [0.25, 0.3) is 0 Å². The van der Waals surface area contributed by atoms with Crippen molar-refractivity contribution < 1.29 is 19.1 Å². The maximum Gasteiger partial charge on any atom is 0.341 e. The predicted molar refractivity (Wildman–Crippen MR) is 98.2 cm³/mol. The molecule has 0 fully saturated rings. The molecule has 2 aromatic rings. The van der Waals surface area contributed by atoms with Gasteiger partial charge >= 0.3 is 5.97 Å². The summed E-state index contributed by atoms with van der Waals surface area (Å²) >= 11 is 1.35. The molecule has 25 heavy (non-hydrogen) atoms. The van der Waals surface area contributed by atoms with Crippen molar-refractivity contribution in [2.75, 3.05) is 17.7 Å². The quantitative estimate of drug-likeness (QED) is 0.802. The number of aryl methyl sites for hydroxylation is 1. The number of nitrogens with one attached hydrogen (secondary N) is 2. The van der Waals surface area contributed by atoms with Crippen LogP contribution in [0.15, 0.2) is 24.3 Å². The van der Waals surface area contributed by atoms with E-state index in [1.165, 1.54) is 25.4 Å². The second-order valence-electron chi connectivity index (χ2n) is 5.58. The van der Waals surface area contributed by atoms with Crippen LogP contribution in [0.5, 0.6) is 0 Å². The number of hydrogen-bond acceptors (Lipinski definition) is 5. The highest BCUT2D eigenvalue weighted by atomic mass is 32.1. The zero-order chi connectivity index (χ0) is 18.6. The van der Waals surface area contributed by atoms with Gasteiger partial charge in [0, 0.05) is 17.5 Å². The number of benzene rings is 1. The van der Waals surface area contributed by atoms with Crippen LogP contribution in [0.3, 0.4) is 0 Å². The van der Waals surface area contributed by atoms with Crippen molar-refractivity contribution in [3.05, 3.63) is 45.8 Å². The number of rotatable bonds is 5. The molecule has 1 aromatic heterocycles. The summed E-state index contributed by atoms with van der Waals surface area (Å²) in [5.41, 5.74) is 2.69. The third-order valence-electron chi connectivity index (χ3n) is 3.67. The summed E-state index contributed by atoms with van der Waals surface area (Å²) in [6.07, 6.45) is 0.164. The van der Waals surface area contributed by atoms with E-state index in [4.69, 9.17) is 4.74 Å². The van der Waals surface area contributed by atoms with Gasteiger partial charge in [-0.1, -0.05) is 12.1 Å². The van der Waals surface area contributed by atoms with Crippen molar-refractivity contribution in [3.63, 3.8) is 0 Å². The fourth-order valence-electron chi connectivity index (χ4n) is 2.33. The van der Waals surface area contributed by atoms with Gasteiger partial charge in [-0.05, 0) is 37.1 Å². The average molecular weight is 360 g/mol. The Hall–Kier alpha value is -2.67. The molecule has 132 valence electrons. The minimum Gasteiger partial charge on any atom is -0.465 e. The van der Waals surface area contributed by atoms with Crippen LogP contribution in [0.1, 0.15) is 33.3 Å². The number of amides is 2. The summed E-state index contributed by atoms with van der Waals surface area (Å²) in [7, 11) is 1.32. The summed E-state index contributed by atoms with van der Waals surface area (Å²) in [5, 5.41) is 5.96. The van der Waals surface area contributed by atoms with Crippen molar-refractivity contribution in [2.24, 2.45) is 0 Å². The minimum atomic E-state index is -0.461. The lowest BCUT2D eigenvalue weighted by molar-refractivity contribution is -0.116. The van der Waals surface area contributed by atoms with Crippen LogP contribution in [0.4, 0.5) is 10.7 Å². The zero-order valence-corrected chi connectivity index (χ0v) is 15.4. The molecular formula is C18H20N2O4S. The van der Waals surface area contributed by atoms with Crippen LogP contribution >= 0.6 is 11.3 Å². The van der Waals surface area contributed by atoms with Crippen LogP contribution in [-0.4, -0.2) is 24.9 Å². The first-order chi connectivity index (χ1) is 11.8. The Labute approximate surface area is 150 Å². The molecule has 0 unspecified atom stereocenters. The molecule has 0 aliphatic heterocycles. The molecule has 7 heteroatoms. The van der Waals surface area contributed by atoms with Crippen molar-refractivity contribution in [1.82, 2.24) is 0 Å². The normalized spacial score (nSPS) is 10.2. The van der Waals surface area contributed by atoms with Gasteiger partial charge in [-0.25, -0.2) is 4.79 Å². The van der Waals surface area contributed by atoms with E-state index in [-0.39, 0.29) is 18.2 Å². The molecule has 1 aromatic carbocycles. The van der Waals surface area contributed by atoms with E-state index in [0.717, 1.165) is 16.0 Å². The molecule has 1 heterocycles. The fraction of sp³-hybridized carbons (Fsp3) is 0.278. The van der Waals surface area contributed by atoms with Gasteiger partial charge < -0.3 is 15.4 Å². The second kappa shape index (κ2) is 7.94. The molecule has 0 aliphatic carbocycles. The Morgan fingerprint density at radius 3 is 2.28 bits per heavy atom. The van der Waals surface area contributed by atoms with Crippen LogP contribution in [0.25, 0.3) is 0 Å². The highest BCUT2D eigenvalue weighted by Crippen LogP contribution is 2.33. The van der Waals surface area contributed by atoms with E-state index in [1.54, 1.807) is 24.3 Å². The van der Waals surface area contributed by atoms with Crippen LogP contribution in [0.2, 0.25) is 0 Å². The third kappa shape index (κ3) is 4.67. The average Bonchev–Trinajstić information content (AvgIpc) is 2.82. The Morgan fingerprint density at radius 1 is 1.08 bits per heavy atom. The number of thiophene rings is 1. The molecule has 6 nitrogen and oxygen atoms in total. The molecule has 0 saturated heterocycles. The molecule has 2 N–H and O–H groups in total. The number of methoxy groups -OCH3 is 1. The van der Waals surface area contributed by atoms with E-state index >= 15 is 0 Å². The highest BCUT2D eigenvalue weighted by molar-refractivity contribution is 7.16. The van der Waals surface area contributed by atoms with E-state index < -0.39 is 5.97 Å². The Morgan fingerprint density at radius 2 is 1.72 bits per heavy atom. The highest BCUT2D eigenvalue weighted by Gasteiger charge is 2.21. The van der Waals surface area contributed by atoms with E-state index in [1.807, 2.05) is 13.8 Å². The zero-order valence-electron chi connectivity index (χ0n) is 14.6. The molecule has 0 saturated carbocycles. The Bertz CT molecular complexity index is 809. The van der Waals surface area contributed by atoms with Crippen molar-refractivity contribution in [1.29, 1.82) is 0 Å². The summed E-state index contributed by atoms with van der Waals surface area (Å²) < 4.78 is 4.80. The second-order valence-corrected chi connectivity index (χ2v) is 6.81. The number of esters is 1. The maximum absolute atomic E-state index is 12.3. The van der Waals surface area contributed by atoms with E-state index in [9.17, 15) is 14.4 Å². The van der Waals surface area contributed by atoms with Gasteiger partial charge in [0.2, 0.25) is 11.8 Å². The van der Waals surface area contributed by atoms with Gasteiger partial charge in [0.1, 0.15) is 5.00 Å². The van der Waals surface area contributed by atoms with Crippen molar-refractivity contribution >= 4 is 39.8 Å². The van der Waals surface area contributed by atoms with Crippen LogP contribution in [0, 0.1) is 13.8 Å². The standard InChI is InChI=1S/C18H20N2O4S/c1-10-11(2)25-17(16(10)18(23)24-4)20-15(22)9-13-5-7-14(8-6-13)19-12(3)21/h5-8H,9H2,1-4H3,(H,19,21)(H,20,22). The van der Waals surface area contributed by atoms with Crippen LogP contribution < -0.4 is 10.6 Å². The summed E-state index contributed by atoms with van der Waals surface area (Å²) in [6, 6.07) is 7.03. The Balaban J connectivity index is 2.09. The lowest BCUT2D eigenvalue weighted by Crippen LogP contribution is -2.16. The number of carbonyl (C=O) groups is 3. The topological polar surface area (TPSA) is 84.5 Å². The molecule has 0 aliphatic rings. The molecular weight excluding hydrogens is 340 g/mol. The third-order valence-corrected chi connectivity index (χ3v) is 4.79. The number of ether oxygens (including phenoxy) is 1. The van der Waals surface area contributed by atoms with E-state index in [0.29, 0.717) is 16.3 Å². The summed E-state index contributed by atoms with van der Waals surface area (Å²) in [5.74, 6) is -0.834. The first-order valence-electron chi connectivity index (χ1n) is 7.66. The lowest BCUT2D eigenvalue weighted by atomic mass is 10.1. The fourth-order valence-corrected chi connectivity index (χ4v) is 3.39. The molecule has 0 radical (unpaired) electrons. The smallest absolute Gasteiger partial charge is 0.341 e.